The summed E-state index contributed by atoms with van der Waals surface area (Å²) in [5, 5.41) is 3.26. The molecule has 0 saturated carbocycles. The van der Waals surface area contributed by atoms with E-state index >= 15 is 0 Å². The first-order valence-electron chi connectivity index (χ1n) is 5.95. The number of rotatable bonds is 5. The number of aromatic nitrogens is 1. The number of carbonyl (C=O) groups excluding carboxylic acids is 1. The van der Waals surface area contributed by atoms with Crippen molar-refractivity contribution in [3.63, 3.8) is 0 Å². The lowest BCUT2D eigenvalue weighted by Crippen LogP contribution is -2.22. The van der Waals surface area contributed by atoms with Gasteiger partial charge in [-0.25, -0.2) is 4.98 Å². The predicted octanol–water partition coefficient (Wildman–Crippen LogP) is 2.52. The summed E-state index contributed by atoms with van der Waals surface area (Å²) >= 11 is 11.5. The average molecular weight is 305 g/mol. The number of hydrogen-bond donors (Lipinski definition) is 1. The first-order chi connectivity index (χ1) is 9.15. The highest BCUT2D eigenvalue weighted by Crippen LogP contribution is 2.22. The molecular formula is C12H14Cl2N2O3. The highest BCUT2D eigenvalue weighted by molar-refractivity contribution is 6.42. The van der Waals surface area contributed by atoms with Crippen molar-refractivity contribution in [2.45, 2.75) is 18.9 Å². The molecule has 0 aromatic carbocycles. The summed E-state index contributed by atoms with van der Waals surface area (Å²) in [7, 11) is 0. The van der Waals surface area contributed by atoms with Gasteiger partial charge in [0.15, 0.2) is 0 Å². The number of carbonyl (C=O) groups is 1. The van der Waals surface area contributed by atoms with Crippen LogP contribution < -0.4 is 5.32 Å². The Morgan fingerprint density at radius 2 is 2.37 bits per heavy atom. The fourth-order valence-corrected chi connectivity index (χ4v) is 1.98. The number of ether oxygens (including phenoxy) is 2. The van der Waals surface area contributed by atoms with Crippen LogP contribution in [0.3, 0.4) is 0 Å². The Bertz CT molecular complexity index is 451. The maximum absolute atomic E-state index is 11.6. The van der Waals surface area contributed by atoms with Gasteiger partial charge in [-0.05, 0) is 12.8 Å². The molecule has 1 aliphatic rings. The van der Waals surface area contributed by atoms with Gasteiger partial charge in [0.1, 0.15) is 12.4 Å². The van der Waals surface area contributed by atoms with E-state index in [0.717, 1.165) is 19.4 Å². The largest absolute Gasteiger partial charge is 0.376 e. The van der Waals surface area contributed by atoms with Gasteiger partial charge >= 0.3 is 0 Å². The monoisotopic (exact) mass is 304 g/mol. The summed E-state index contributed by atoms with van der Waals surface area (Å²) in [5.74, 6) is 0.0593. The van der Waals surface area contributed by atoms with Crippen LogP contribution in [0.5, 0.6) is 0 Å². The quantitative estimate of drug-likeness (QED) is 0.908. The molecular weight excluding hydrogens is 291 g/mol. The minimum absolute atomic E-state index is 0.0399. The molecule has 0 unspecified atom stereocenters. The Hall–Kier alpha value is -0.880. The van der Waals surface area contributed by atoms with Gasteiger partial charge in [0.25, 0.3) is 5.91 Å². The van der Waals surface area contributed by atoms with Crippen molar-refractivity contribution in [1.82, 2.24) is 4.98 Å². The topological polar surface area (TPSA) is 60.5 Å². The molecule has 104 valence electrons. The van der Waals surface area contributed by atoms with Crippen LogP contribution in [0.15, 0.2) is 12.3 Å². The van der Waals surface area contributed by atoms with Crippen LogP contribution in [-0.2, 0) is 14.3 Å². The van der Waals surface area contributed by atoms with Crippen molar-refractivity contribution in [3.05, 3.63) is 22.3 Å². The fraction of sp³-hybridized carbons (Fsp3) is 0.500. The van der Waals surface area contributed by atoms with Crippen LogP contribution in [-0.4, -0.2) is 36.8 Å². The first-order valence-corrected chi connectivity index (χ1v) is 6.71. The highest BCUT2D eigenvalue weighted by Gasteiger charge is 2.16. The van der Waals surface area contributed by atoms with Gasteiger partial charge in [-0.2, -0.15) is 0 Å². The lowest BCUT2D eigenvalue weighted by molar-refractivity contribution is -0.121. The van der Waals surface area contributed by atoms with Crippen molar-refractivity contribution >= 4 is 34.9 Å². The second kappa shape index (κ2) is 7.05. The lowest BCUT2D eigenvalue weighted by Gasteiger charge is -2.10. The summed E-state index contributed by atoms with van der Waals surface area (Å²) in [6.07, 6.45) is 3.52. The van der Waals surface area contributed by atoms with Crippen molar-refractivity contribution < 1.29 is 14.3 Å². The van der Waals surface area contributed by atoms with Crippen LogP contribution >= 0.6 is 23.2 Å². The zero-order chi connectivity index (χ0) is 13.7. The Morgan fingerprint density at radius 1 is 1.53 bits per heavy atom. The van der Waals surface area contributed by atoms with Gasteiger partial charge < -0.3 is 14.8 Å². The SMILES string of the molecule is O=C(COC[C@H]1CCCO1)Nc1cc(Cl)c(Cl)cn1. The minimum Gasteiger partial charge on any atom is -0.376 e. The van der Waals surface area contributed by atoms with E-state index in [4.69, 9.17) is 32.7 Å². The molecule has 2 heterocycles. The third-order valence-electron chi connectivity index (χ3n) is 2.64. The molecule has 0 aliphatic carbocycles. The third-order valence-corrected chi connectivity index (χ3v) is 3.35. The highest BCUT2D eigenvalue weighted by atomic mass is 35.5. The zero-order valence-electron chi connectivity index (χ0n) is 10.2. The molecule has 1 aromatic heterocycles. The van der Waals surface area contributed by atoms with Crippen LogP contribution in [0.2, 0.25) is 10.0 Å². The van der Waals surface area contributed by atoms with Gasteiger partial charge in [-0.3, -0.25) is 4.79 Å². The van der Waals surface area contributed by atoms with Gasteiger partial charge in [0, 0.05) is 18.9 Å². The average Bonchev–Trinajstić information content (AvgIpc) is 2.87. The smallest absolute Gasteiger partial charge is 0.251 e. The molecule has 1 aromatic rings. The van der Waals surface area contributed by atoms with Gasteiger partial charge in [-0.1, -0.05) is 23.2 Å². The summed E-state index contributed by atoms with van der Waals surface area (Å²) in [6.45, 7) is 1.16. The van der Waals surface area contributed by atoms with E-state index in [1.165, 1.54) is 12.3 Å². The van der Waals surface area contributed by atoms with E-state index in [1.807, 2.05) is 0 Å². The van der Waals surface area contributed by atoms with E-state index in [-0.39, 0.29) is 18.6 Å². The second-order valence-electron chi connectivity index (χ2n) is 4.18. The number of anilines is 1. The number of pyridine rings is 1. The molecule has 1 aliphatic heterocycles. The molecule has 0 spiro atoms. The van der Waals surface area contributed by atoms with E-state index < -0.39 is 0 Å². The normalized spacial score (nSPS) is 18.5. The van der Waals surface area contributed by atoms with E-state index in [9.17, 15) is 4.79 Å². The molecule has 0 bridgehead atoms. The van der Waals surface area contributed by atoms with Gasteiger partial charge in [0.2, 0.25) is 0 Å². The van der Waals surface area contributed by atoms with Gasteiger partial charge in [-0.15, -0.1) is 0 Å². The minimum atomic E-state index is -0.288. The zero-order valence-corrected chi connectivity index (χ0v) is 11.7. The molecule has 2 rings (SSSR count). The number of nitrogens with one attached hydrogen (secondary N) is 1. The van der Waals surface area contributed by atoms with Crippen LogP contribution in [0.1, 0.15) is 12.8 Å². The van der Waals surface area contributed by atoms with Crippen molar-refractivity contribution in [1.29, 1.82) is 0 Å². The molecule has 1 amide bonds. The van der Waals surface area contributed by atoms with Crippen LogP contribution in [0.25, 0.3) is 0 Å². The fourth-order valence-electron chi connectivity index (χ4n) is 1.72. The molecule has 7 heteroatoms. The standard InChI is InChI=1S/C12H14Cl2N2O3/c13-9-4-11(15-5-10(9)14)16-12(17)7-18-6-8-2-1-3-19-8/h4-5,8H,1-3,6-7H2,(H,15,16,17)/t8-/m1/s1. The Morgan fingerprint density at radius 3 is 3.05 bits per heavy atom. The van der Waals surface area contributed by atoms with Crippen LogP contribution in [0, 0.1) is 0 Å². The molecule has 0 radical (unpaired) electrons. The van der Waals surface area contributed by atoms with Crippen molar-refractivity contribution in [2.24, 2.45) is 0 Å². The van der Waals surface area contributed by atoms with Gasteiger partial charge in [0.05, 0.1) is 22.8 Å². The Balaban J connectivity index is 1.72. The van der Waals surface area contributed by atoms with Crippen molar-refractivity contribution in [3.8, 4) is 0 Å². The second-order valence-corrected chi connectivity index (χ2v) is 5.00. The molecule has 1 saturated heterocycles. The number of halogens is 2. The van der Waals surface area contributed by atoms with Crippen molar-refractivity contribution in [2.75, 3.05) is 25.1 Å². The molecule has 1 atom stereocenters. The molecule has 1 fully saturated rings. The number of nitrogens with zero attached hydrogens (tertiary/aromatic N) is 1. The molecule has 5 nitrogen and oxygen atoms in total. The summed E-state index contributed by atoms with van der Waals surface area (Å²) < 4.78 is 10.7. The molecule has 1 N–H and O–H groups in total. The first kappa shape index (κ1) is 14.5. The predicted molar refractivity (Wildman–Crippen MR) is 72.7 cm³/mol. The van der Waals surface area contributed by atoms with E-state index in [0.29, 0.717) is 22.5 Å². The summed E-state index contributed by atoms with van der Waals surface area (Å²) in [4.78, 5) is 15.5. The molecule has 19 heavy (non-hydrogen) atoms. The third kappa shape index (κ3) is 4.62. The number of amides is 1. The van der Waals surface area contributed by atoms with Crippen LogP contribution in [0.4, 0.5) is 5.82 Å². The maximum atomic E-state index is 11.6. The Kier molecular flexibility index (Phi) is 5.39. The maximum Gasteiger partial charge on any atom is 0.251 e. The summed E-state index contributed by atoms with van der Waals surface area (Å²) in [5.41, 5.74) is 0. The van der Waals surface area contributed by atoms with E-state index in [2.05, 4.69) is 10.3 Å². The Labute approximate surface area is 121 Å². The van der Waals surface area contributed by atoms with E-state index in [1.54, 1.807) is 0 Å². The lowest BCUT2D eigenvalue weighted by atomic mass is 10.2. The number of hydrogen-bond acceptors (Lipinski definition) is 4. The summed E-state index contributed by atoms with van der Waals surface area (Å²) in [6, 6.07) is 1.49.